The van der Waals surface area contributed by atoms with Crippen LogP contribution >= 0.6 is 11.3 Å². The Labute approximate surface area is 207 Å². The molecular weight excluding hydrogens is 464 g/mol. The number of amides is 2. The van der Waals surface area contributed by atoms with E-state index < -0.39 is 0 Å². The van der Waals surface area contributed by atoms with Crippen LogP contribution in [-0.2, 0) is 11.8 Å². The molecule has 2 amide bonds. The van der Waals surface area contributed by atoms with Gasteiger partial charge in [-0.05, 0) is 18.9 Å². The lowest BCUT2D eigenvalue weighted by Crippen LogP contribution is -2.28. The zero-order valence-corrected chi connectivity index (χ0v) is 20.5. The van der Waals surface area contributed by atoms with Gasteiger partial charge in [0.15, 0.2) is 5.76 Å². The van der Waals surface area contributed by atoms with E-state index in [1.807, 2.05) is 43.6 Å². The molecule has 3 aromatic heterocycles. The van der Waals surface area contributed by atoms with E-state index in [2.05, 4.69) is 25.7 Å². The van der Waals surface area contributed by atoms with Gasteiger partial charge in [-0.25, -0.2) is 4.98 Å². The predicted octanol–water partition coefficient (Wildman–Crippen LogP) is 4.37. The van der Waals surface area contributed by atoms with E-state index in [4.69, 9.17) is 4.42 Å². The quantitative estimate of drug-likeness (QED) is 0.301. The lowest BCUT2D eigenvalue weighted by molar-refractivity contribution is -0.120. The summed E-state index contributed by atoms with van der Waals surface area (Å²) in [6, 6.07) is 9.51. The molecule has 1 atom stereocenters. The zero-order chi connectivity index (χ0) is 24.6. The number of nitrogens with one attached hydrogen (secondary N) is 2. The number of carbonyl (C=O) groups excluding carboxylic acids is 2. The van der Waals surface area contributed by atoms with Gasteiger partial charge in [0.05, 0.1) is 23.6 Å². The molecule has 10 heteroatoms. The molecule has 0 bridgehead atoms. The summed E-state index contributed by atoms with van der Waals surface area (Å²) in [5.41, 5.74) is 4.43. The van der Waals surface area contributed by atoms with E-state index in [1.54, 1.807) is 29.6 Å². The van der Waals surface area contributed by atoms with Crippen LogP contribution in [0.3, 0.4) is 0 Å². The van der Waals surface area contributed by atoms with Crippen molar-refractivity contribution in [2.45, 2.75) is 38.1 Å². The number of hydrogen-bond donors (Lipinski definition) is 2. The molecule has 1 aromatic carbocycles. The van der Waals surface area contributed by atoms with Crippen molar-refractivity contribution in [2.75, 3.05) is 7.05 Å². The maximum Gasteiger partial charge on any atom is 0.263 e. The Balaban J connectivity index is 1.45. The first-order chi connectivity index (χ1) is 17.0. The second-order valence-electron chi connectivity index (χ2n) is 8.18. The van der Waals surface area contributed by atoms with Crippen molar-refractivity contribution in [2.24, 2.45) is 7.05 Å². The van der Waals surface area contributed by atoms with Gasteiger partial charge in [-0.1, -0.05) is 37.1 Å². The van der Waals surface area contributed by atoms with Gasteiger partial charge in [0.1, 0.15) is 10.9 Å². The molecule has 0 unspecified atom stereocenters. The molecular formula is C25H28N6O3S. The fourth-order valence-corrected chi connectivity index (χ4v) is 4.23. The van der Waals surface area contributed by atoms with Crippen LogP contribution in [0.4, 0.5) is 0 Å². The van der Waals surface area contributed by atoms with Crippen molar-refractivity contribution in [1.82, 2.24) is 30.4 Å². The second kappa shape index (κ2) is 11.6. The maximum atomic E-state index is 12.7. The Hall–Kier alpha value is -3.79. The molecule has 0 spiro atoms. The minimum absolute atomic E-state index is 0.0338. The van der Waals surface area contributed by atoms with Gasteiger partial charge in [-0.15, -0.1) is 11.3 Å². The summed E-state index contributed by atoms with van der Waals surface area (Å²) >= 11 is 1.28. The van der Waals surface area contributed by atoms with Gasteiger partial charge in [0.25, 0.3) is 5.91 Å². The molecule has 4 aromatic rings. The number of oxazole rings is 1. The van der Waals surface area contributed by atoms with Crippen LogP contribution < -0.4 is 10.6 Å². The van der Waals surface area contributed by atoms with Gasteiger partial charge in [-0.3, -0.25) is 19.3 Å². The Morgan fingerprint density at radius 2 is 1.89 bits per heavy atom. The Kier molecular flexibility index (Phi) is 8.04. The summed E-state index contributed by atoms with van der Waals surface area (Å²) in [4.78, 5) is 33.1. The summed E-state index contributed by atoms with van der Waals surface area (Å²) in [5, 5.41) is 10.1. The van der Waals surface area contributed by atoms with Crippen molar-refractivity contribution >= 4 is 23.2 Å². The first-order valence-electron chi connectivity index (χ1n) is 11.5. The Bertz CT molecular complexity index is 1250. The van der Waals surface area contributed by atoms with Crippen molar-refractivity contribution in [3.05, 3.63) is 65.2 Å². The van der Waals surface area contributed by atoms with Crippen LogP contribution in [0.5, 0.6) is 0 Å². The summed E-state index contributed by atoms with van der Waals surface area (Å²) in [5.74, 6) is 0.913. The molecule has 3 heterocycles. The van der Waals surface area contributed by atoms with Crippen molar-refractivity contribution < 1.29 is 14.0 Å². The van der Waals surface area contributed by atoms with Crippen LogP contribution in [0.15, 0.2) is 58.9 Å². The molecule has 9 nitrogen and oxygen atoms in total. The Morgan fingerprint density at radius 1 is 1.09 bits per heavy atom. The van der Waals surface area contributed by atoms with E-state index in [9.17, 15) is 9.59 Å². The highest BCUT2D eigenvalue weighted by Crippen LogP contribution is 2.28. The molecule has 0 radical (unpaired) electrons. The van der Waals surface area contributed by atoms with Gasteiger partial charge in [-0.2, -0.15) is 5.10 Å². The predicted molar refractivity (Wildman–Crippen MR) is 134 cm³/mol. The minimum Gasteiger partial charge on any atom is -0.438 e. The average Bonchev–Trinajstić information content (AvgIpc) is 3.65. The largest absolute Gasteiger partial charge is 0.438 e. The molecule has 0 fully saturated rings. The molecule has 0 saturated heterocycles. The van der Waals surface area contributed by atoms with E-state index in [0.717, 1.165) is 36.1 Å². The van der Waals surface area contributed by atoms with Crippen LogP contribution in [0, 0.1) is 0 Å². The number of thiazole rings is 1. The Morgan fingerprint density at radius 3 is 2.57 bits per heavy atom. The number of aromatic nitrogens is 4. The lowest BCUT2D eigenvalue weighted by Gasteiger charge is -2.15. The number of rotatable bonds is 11. The van der Waals surface area contributed by atoms with Crippen molar-refractivity contribution in [3.63, 3.8) is 0 Å². The first kappa shape index (κ1) is 24.3. The molecule has 0 aliphatic carbocycles. The molecule has 0 aliphatic heterocycles. The van der Waals surface area contributed by atoms with Crippen molar-refractivity contribution in [3.8, 4) is 22.6 Å². The highest BCUT2D eigenvalue weighted by molar-refractivity contribution is 7.11. The average molecular weight is 493 g/mol. The monoisotopic (exact) mass is 492 g/mol. The SMILES string of the molecule is CNC(=O)CCCCC[C@H](NC(=O)c1cncs1)c1ncc(-c2ccc(-c3ccn(C)n3)cc2)o1. The third-order valence-corrected chi connectivity index (χ3v) is 6.41. The third-order valence-electron chi connectivity index (χ3n) is 5.64. The van der Waals surface area contributed by atoms with E-state index in [0.29, 0.717) is 29.4 Å². The van der Waals surface area contributed by atoms with E-state index >= 15 is 0 Å². The highest BCUT2D eigenvalue weighted by atomic mass is 32.1. The topological polar surface area (TPSA) is 115 Å². The van der Waals surface area contributed by atoms with Crippen LogP contribution in [0.25, 0.3) is 22.6 Å². The number of nitrogens with zero attached hydrogens (tertiary/aromatic N) is 4. The lowest BCUT2D eigenvalue weighted by atomic mass is 10.1. The highest BCUT2D eigenvalue weighted by Gasteiger charge is 2.22. The molecule has 2 N–H and O–H groups in total. The van der Waals surface area contributed by atoms with Gasteiger partial charge >= 0.3 is 0 Å². The van der Waals surface area contributed by atoms with Gasteiger partial charge in [0, 0.05) is 37.8 Å². The summed E-state index contributed by atoms with van der Waals surface area (Å²) in [6.07, 6.45) is 8.75. The van der Waals surface area contributed by atoms with Crippen LogP contribution in [0.1, 0.15) is 53.7 Å². The van der Waals surface area contributed by atoms with Crippen LogP contribution in [-0.4, -0.2) is 38.6 Å². The smallest absolute Gasteiger partial charge is 0.263 e. The fourth-order valence-electron chi connectivity index (χ4n) is 3.71. The molecule has 35 heavy (non-hydrogen) atoms. The second-order valence-corrected chi connectivity index (χ2v) is 9.07. The molecule has 182 valence electrons. The normalized spacial score (nSPS) is 11.8. The van der Waals surface area contributed by atoms with Gasteiger partial charge < -0.3 is 15.1 Å². The molecule has 4 rings (SSSR count). The number of carbonyl (C=O) groups is 2. The molecule has 0 aliphatic rings. The summed E-state index contributed by atoms with van der Waals surface area (Å²) < 4.78 is 7.86. The number of aryl methyl sites for hydroxylation is 1. The summed E-state index contributed by atoms with van der Waals surface area (Å²) in [6.45, 7) is 0. The zero-order valence-electron chi connectivity index (χ0n) is 19.7. The van der Waals surface area contributed by atoms with Crippen LogP contribution in [0.2, 0.25) is 0 Å². The maximum absolute atomic E-state index is 12.7. The summed E-state index contributed by atoms with van der Waals surface area (Å²) in [7, 11) is 3.53. The number of benzene rings is 1. The molecule has 0 saturated carbocycles. The standard InChI is InChI=1S/C25H28N6O3S/c1-26-23(32)7-5-3-4-6-20(29-24(33)22-15-27-16-35-22)25-28-14-21(34-25)18-10-8-17(9-11-18)19-12-13-31(2)30-19/h8-16,20H,3-7H2,1-2H3,(H,26,32)(H,29,33)/t20-/m0/s1. The first-order valence-corrected chi connectivity index (χ1v) is 12.4. The minimum atomic E-state index is -0.383. The van der Waals surface area contributed by atoms with Gasteiger partial charge in [0.2, 0.25) is 11.8 Å². The third kappa shape index (κ3) is 6.42. The fraction of sp³-hybridized carbons (Fsp3) is 0.320. The van der Waals surface area contributed by atoms with Crippen molar-refractivity contribution in [1.29, 1.82) is 0 Å². The van der Waals surface area contributed by atoms with E-state index in [1.165, 1.54) is 11.3 Å². The van der Waals surface area contributed by atoms with E-state index in [-0.39, 0.29) is 17.9 Å². The number of hydrogen-bond acceptors (Lipinski definition) is 7. The number of unbranched alkanes of at least 4 members (excludes halogenated alkanes) is 2.